The second-order valence-electron chi connectivity index (χ2n) is 5.34. The number of anilines is 2. The number of carbonyl (C=O) groups excluding carboxylic acids is 2. The second kappa shape index (κ2) is 6.89. The number of hydrogen-bond donors (Lipinski definition) is 2. The van der Waals surface area contributed by atoms with E-state index in [1.807, 2.05) is 0 Å². The van der Waals surface area contributed by atoms with Crippen molar-refractivity contribution in [3.63, 3.8) is 0 Å². The predicted molar refractivity (Wildman–Crippen MR) is 95.4 cm³/mol. The molecule has 7 nitrogen and oxygen atoms in total. The number of nitrogens with one attached hydrogen (secondary N) is 1. The highest BCUT2D eigenvalue weighted by Gasteiger charge is 2.39. The third kappa shape index (κ3) is 3.12. The van der Waals surface area contributed by atoms with Crippen LogP contribution in [0, 0.1) is 0 Å². The molecule has 0 fully saturated rings. The minimum Gasteiger partial charge on any atom is -0.497 e. The minimum atomic E-state index is -1.06. The Bertz CT molecular complexity index is 937. The SMILES string of the molecule is COc1cccc(N2C(=O)C(Cl)=C(Nc3ccc(C(=O)O)cc3)C2=O)c1. The van der Waals surface area contributed by atoms with Gasteiger partial charge in [0.25, 0.3) is 11.8 Å². The van der Waals surface area contributed by atoms with Crippen molar-refractivity contribution in [1.82, 2.24) is 0 Å². The van der Waals surface area contributed by atoms with Gasteiger partial charge in [-0.2, -0.15) is 0 Å². The first-order chi connectivity index (χ1) is 12.4. The Morgan fingerprint density at radius 3 is 2.42 bits per heavy atom. The number of carboxylic acids is 1. The Morgan fingerprint density at radius 2 is 1.81 bits per heavy atom. The maximum Gasteiger partial charge on any atom is 0.335 e. The molecule has 2 N–H and O–H groups in total. The number of methoxy groups -OCH3 is 1. The summed E-state index contributed by atoms with van der Waals surface area (Å²) in [6.07, 6.45) is 0. The molecule has 0 saturated carbocycles. The minimum absolute atomic E-state index is 0.0810. The fourth-order valence-corrected chi connectivity index (χ4v) is 2.65. The fraction of sp³-hybridized carbons (Fsp3) is 0.0556. The zero-order valence-electron chi connectivity index (χ0n) is 13.5. The standard InChI is InChI=1S/C18H13ClN2O5/c1-26-13-4-2-3-12(9-13)21-16(22)14(19)15(17(21)23)20-11-7-5-10(6-8-11)18(24)25/h2-9,20H,1H3,(H,24,25). The van der Waals surface area contributed by atoms with Gasteiger partial charge in [-0.25, -0.2) is 9.69 Å². The summed E-state index contributed by atoms with van der Waals surface area (Å²) in [6, 6.07) is 12.2. The van der Waals surface area contributed by atoms with E-state index < -0.39 is 17.8 Å². The molecule has 0 bridgehead atoms. The maximum absolute atomic E-state index is 12.7. The molecule has 1 aliphatic rings. The van der Waals surface area contributed by atoms with E-state index in [0.29, 0.717) is 17.1 Å². The lowest BCUT2D eigenvalue weighted by Crippen LogP contribution is -2.32. The third-order valence-corrected chi connectivity index (χ3v) is 4.09. The van der Waals surface area contributed by atoms with Crippen molar-refractivity contribution in [3.8, 4) is 5.75 Å². The Kier molecular flexibility index (Phi) is 4.64. The van der Waals surface area contributed by atoms with Crippen molar-refractivity contribution in [1.29, 1.82) is 0 Å². The van der Waals surface area contributed by atoms with Crippen LogP contribution in [0.4, 0.5) is 11.4 Å². The Labute approximate surface area is 153 Å². The molecule has 0 atom stereocenters. The lowest BCUT2D eigenvalue weighted by atomic mass is 10.2. The molecule has 2 aromatic rings. The first-order valence-electron chi connectivity index (χ1n) is 7.45. The number of carbonyl (C=O) groups is 3. The van der Waals surface area contributed by atoms with Crippen molar-refractivity contribution in [2.75, 3.05) is 17.3 Å². The average Bonchev–Trinajstić information content (AvgIpc) is 2.85. The maximum atomic E-state index is 12.7. The van der Waals surface area contributed by atoms with E-state index in [-0.39, 0.29) is 16.3 Å². The van der Waals surface area contributed by atoms with Gasteiger partial charge in [0, 0.05) is 11.8 Å². The number of benzene rings is 2. The molecule has 8 heteroatoms. The summed E-state index contributed by atoms with van der Waals surface area (Å²) in [6.45, 7) is 0. The summed E-state index contributed by atoms with van der Waals surface area (Å²) in [5.74, 6) is -1.85. The molecule has 0 radical (unpaired) electrons. The van der Waals surface area contributed by atoms with Crippen LogP contribution in [0.15, 0.2) is 59.3 Å². The monoisotopic (exact) mass is 372 g/mol. The number of ether oxygens (including phenoxy) is 1. The molecule has 0 aromatic heterocycles. The van der Waals surface area contributed by atoms with E-state index >= 15 is 0 Å². The molecule has 0 spiro atoms. The molecule has 2 aromatic carbocycles. The quantitative estimate of drug-likeness (QED) is 0.783. The van der Waals surface area contributed by atoms with Crippen molar-refractivity contribution < 1.29 is 24.2 Å². The topological polar surface area (TPSA) is 95.9 Å². The number of amides is 2. The van der Waals surface area contributed by atoms with E-state index in [1.165, 1.54) is 31.4 Å². The number of imide groups is 1. The van der Waals surface area contributed by atoms with Gasteiger partial charge in [-0.15, -0.1) is 0 Å². The van der Waals surface area contributed by atoms with Crippen LogP contribution in [-0.2, 0) is 9.59 Å². The predicted octanol–water partition coefficient (Wildman–Crippen LogP) is 2.83. The van der Waals surface area contributed by atoms with E-state index in [9.17, 15) is 14.4 Å². The molecular weight excluding hydrogens is 360 g/mol. The van der Waals surface area contributed by atoms with E-state index in [0.717, 1.165) is 4.90 Å². The summed E-state index contributed by atoms with van der Waals surface area (Å²) in [5, 5.41) is 11.4. The van der Waals surface area contributed by atoms with Gasteiger partial charge < -0.3 is 15.2 Å². The molecule has 26 heavy (non-hydrogen) atoms. The molecule has 132 valence electrons. The van der Waals surface area contributed by atoms with Gasteiger partial charge in [-0.3, -0.25) is 9.59 Å². The fourth-order valence-electron chi connectivity index (χ4n) is 2.44. The highest BCUT2D eigenvalue weighted by molar-refractivity contribution is 6.53. The zero-order valence-corrected chi connectivity index (χ0v) is 14.3. The van der Waals surface area contributed by atoms with Gasteiger partial charge in [0.15, 0.2) is 0 Å². The lowest BCUT2D eigenvalue weighted by Gasteiger charge is -2.16. The summed E-state index contributed by atoms with van der Waals surface area (Å²) in [7, 11) is 1.48. The van der Waals surface area contributed by atoms with Crippen molar-refractivity contribution in [2.24, 2.45) is 0 Å². The molecule has 0 saturated heterocycles. The highest BCUT2D eigenvalue weighted by atomic mass is 35.5. The van der Waals surface area contributed by atoms with Crippen LogP contribution in [0.5, 0.6) is 5.75 Å². The second-order valence-corrected chi connectivity index (χ2v) is 5.72. The molecule has 3 rings (SSSR count). The van der Waals surface area contributed by atoms with E-state index in [2.05, 4.69) is 5.32 Å². The van der Waals surface area contributed by atoms with Crippen LogP contribution in [0.25, 0.3) is 0 Å². The van der Waals surface area contributed by atoms with Crippen molar-refractivity contribution >= 4 is 40.8 Å². The first kappa shape index (κ1) is 17.5. The highest BCUT2D eigenvalue weighted by Crippen LogP contribution is 2.31. The van der Waals surface area contributed by atoms with Crippen molar-refractivity contribution in [2.45, 2.75) is 0 Å². The largest absolute Gasteiger partial charge is 0.497 e. The van der Waals surface area contributed by atoms with Gasteiger partial charge in [-0.1, -0.05) is 17.7 Å². The summed E-state index contributed by atoms with van der Waals surface area (Å²) in [5.41, 5.74) is 0.775. The number of halogens is 1. The van der Waals surface area contributed by atoms with Gasteiger partial charge >= 0.3 is 5.97 Å². The van der Waals surface area contributed by atoms with Gasteiger partial charge in [0.05, 0.1) is 18.4 Å². The summed E-state index contributed by atoms with van der Waals surface area (Å²) in [4.78, 5) is 36.9. The third-order valence-electron chi connectivity index (χ3n) is 3.74. The van der Waals surface area contributed by atoms with Crippen LogP contribution in [0.2, 0.25) is 0 Å². The molecule has 2 amide bonds. The van der Waals surface area contributed by atoms with E-state index in [4.69, 9.17) is 21.4 Å². The summed E-state index contributed by atoms with van der Waals surface area (Å²) < 4.78 is 5.11. The van der Waals surface area contributed by atoms with Crippen LogP contribution in [0.1, 0.15) is 10.4 Å². The number of nitrogens with zero attached hydrogens (tertiary/aromatic N) is 1. The Hall–Kier alpha value is -3.32. The molecular formula is C18H13ClN2O5. The Balaban J connectivity index is 1.87. The Morgan fingerprint density at radius 1 is 1.12 bits per heavy atom. The van der Waals surface area contributed by atoms with Crippen molar-refractivity contribution in [3.05, 3.63) is 64.8 Å². The molecule has 1 aliphatic heterocycles. The lowest BCUT2D eigenvalue weighted by molar-refractivity contribution is -0.120. The summed E-state index contributed by atoms with van der Waals surface area (Å²) >= 11 is 6.05. The van der Waals surface area contributed by atoms with Crippen LogP contribution in [0.3, 0.4) is 0 Å². The smallest absolute Gasteiger partial charge is 0.335 e. The molecule has 0 aliphatic carbocycles. The normalized spacial score (nSPS) is 14.0. The number of hydrogen-bond acceptors (Lipinski definition) is 5. The van der Waals surface area contributed by atoms with Gasteiger partial charge in [-0.05, 0) is 36.4 Å². The van der Waals surface area contributed by atoms with Crippen LogP contribution >= 0.6 is 11.6 Å². The van der Waals surface area contributed by atoms with E-state index in [1.54, 1.807) is 24.3 Å². The average molecular weight is 373 g/mol. The number of rotatable bonds is 5. The van der Waals surface area contributed by atoms with Crippen LogP contribution in [-0.4, -0.2) is 30.0 Å². The first-order valence-corrected chi connectivity index (χ1v) is 7.83. The van der Waals surface area contributed by atoms with Crippen LogP contribution < -0.4 is 15.0 Å². The van der Waals surface area contributed by atoms with Gasteiger partial charge in [0.1, 0.15) is 16.5 Å². The van der Waals surface area contributed by atoms with Gasteiger partial charge in [0.2, 0.25) is 0 Å². The zero-order chi connectivity index (χ0) is 18.8. The molecule has 0 unspecified atom stereocenters. The number of aromatic carboxylic acids is 1. The molecule has 1 heterocycles. The number of carboxylic acid groups (broad SMARTS) is 1.